The number of aliphatic carboxylic acids is 1. The number of carbonyl (C=O) groups is 14. The Kier molecular flexibility index (Phi) is 69.7. The highest BCUT2D eigenvalue weighted by Gasteiger charge is 2.45. The van der Waals surface area contributed by atoms with Gasteiger partial charge in [-0.2, -0.15) is 8.78 Å². The van der Waals surface area contributed by atoms with Crippen molar-refractivity contribution in [3.8, 4) is 5.75 Å². The molecule has 0 radical (unpaired) electrons. The molecule has 0 spiro atoms. The Labute approximate surface area is 882 Å². The summed E-state index contributed by atoms with van der Waals surface area (Å²) in [4.78, 5) is 166. The van der Waals surface area contributed by atoms with Gasteiger partial charge in [0.15, 0.2) is 17.9 Å². The van der Waals surface area contributed by atoms with Gasteiger partial charge in [0.25, 0.3) is 0 Å². The first-order valence-electron chi connectivity index (χ1n) is 51.9. The zero-order chi connectivity index (χ0) is 114. The van der Waals surface area contributed by atoms with Crippen molar-refractivity contribution in [3.05, 3.63) is 137 Å². The van der Waals surface area contributed by atoms with Crippen LogP contribution in [0.3, 0.4) is 0 Å². The third kappa shape index (κ3) is 71.1. The minimum atomic E-state index is -2.35. The Morgan fingerprint density at radius 2 is 0.693 bits per heavy atom. The standard InChI is InChI=1S/C30H48N2O7.C25H40N2O5.C24H29F5O8.C16H30N2O6.C13H19NO2.CH3F/c1-29(2,3)38-27(35)31-21-15-14-18-24(32-28(36)39-30(4,5)6)25(33)19-12-7-8-13-20-26(34)37-22-23-16-10-9-11-17-23;1-25(2,3)32-24(30)27-21(15-11-12-18-26)22(28)16-9-4-5-10-17-23(29)31-19-20-13-7-6-8-14-20;1-11-12(2)24(36-15(10-34-13(3)30)22(11)35-14(4)31)33-9-7-5-6-8-16(32)37-23-20(28)18(26)17(25)19(27)21(23)29;1-15(2,3)23-13(21)17-10-8-7-9-11(12(19)20)18-14(22)24-16(4,5)6;14-10-6-2-5-9-13(15)16-11-12-7-3-1-4-8-12;1-2/h9-11,16-17,24H,7-8,12-15,18-22H2,1-6H3,(H,31,35)(H,32,36);6-8,13-14,21H,4-5,9-12,15-19,26H2,1-3H3,(H,27,30);11-12,15,22,24H,5-10H2,1-4H3;11H,7-10H2,1-6H3,(H,17,21)(H,18,22)(H,19,20);1,3-4,7-8H,2,5-6,9-11,14H2;1H3/t24-;21-;;11-;;/m00.0../s1/i;;;;;1D. The van der Waals surface area contributed by atoms with Crippen LogP contribution in [-0.4, -0.2) is 200 Å². The summed E-state index contributed by atoms with van der Waals surface area (Å²) in [5.74, 6) is -17.1. The van der Waals surface area contributed by atoms with E-state index in [0.717, 1.165) is 87.3 Å². The zero-order valence-corrected chi connectivity index (χ0v) is 91.2. The molecule has 0 aromatic heterocycles. The smallest absolute Gasteiger partial charge is 0.408 e. The van der Waals surface area contributed by atoms with Crippen LogP contribution in [-0.2, 0) is 120 Å². The molecule has 0 aliphatic carbocycles. The summed E-state index contributed by atoms with van der Waals surface area (Å²) in [5, 5.41) is 22.2. The monoisotopic (exact) mass is 2140 g/mol. The van der Waals surface area contributed by atoms with Gasteiger partial charge in [-0.25, -0.2) is 41.9 Å². The van der Waals surface area contributed by atoms with Gasteiger partial charge in [-0.3, -0.25) is 42.7 Å². The lowest BCUT2D eigenvalue weighted by Gasteiger charge is -2.43. The van der Waals surface area contributed by atoms with E-state index in [1.54, 1.807) is 104 Å². The molecule has 4 aromatic rings. The Morgan fingerprint density at radius 3 is 1.03 bits per heavy atom. The molecule has 1 heterocycles. The molecular weight excluding hydrogens is 1970 g/mol. The van der Waals surface area contributed by atoms with Crippen LogP contribution < -0.4 is 42.8 Å². The predicted octanol–water partition coefficient (Wildman–Crippen LogP) is 20.7. The van der Waals surface area contributed by atoms with Gasteiger partial charge in [0.2, 0.25) is 34.8 Å². The second-order valence-electron chi connectivity index (χ2n) is 40.6. The van der Waals surface area contributed by atoms with Crippen molar-refractivity contribution in [1.82, 2.24) is 26.6 Å². The number of ether oxygens (including phenoxy) is 13. The lowest BCUT2D eigenvalue weighted by Crippen LogP contribution is -2.53. The van der Waals surface area contributed by atoms with Crippen molar-refractivity contribution < 1.29 is 162 Å². The van der Waals surface area contributed by atoms with E-state index < -0.39 is 161 Å². The molecule has 8 atom stereocenters. The lowest BCUT2D eigenvalue weighted by molar-refractivity contribution is -0.273. The van der Waals surface area contributed by atoms with Crippen LogP contribution in [0.2, 0.25) is 0 Å². The minimum absolute atomic E-state index is 0.00940. The first kappa shape index (κ1) is 136. The van der Waals surface area contributed by atoms with Crippen LogP contribution in [0.15, 0.2) is 91.0 Å². The number of amides is 5. The first-order valence-corrected chi connectivity index (χ1v) is 51.2. The summed E-state index contributed by atoms with van der Waals surface area (Å²) in [5.41, 5.74) is 10.8. The molecule has 1 aliphatic heterocycles. The average molecular weight is 2140 g/mol. The van der Waals surface area contributed by atoms with Crippen molar-refractivity contribution >= 4 is 83.8 Å². The van der Waals surface area contributed by atoms with Crippen LogP contribution in [0.4, 0.5) is 50.3 Å². The quantitative estimate of drug-likeness (QED) is 0.00387. The number of nitrogens with two attached hydrogens (primary N) is 2. The summed E-state index contributed by atoms with van der Waals surface area (Å²) < 4.78 is 150. The molecule has 10 N–H and O–H groups in total. The van der Waals surface area contributed by atoms with E-state index in [0.29, 0.717) is 136 Å². The number of hydrogen-bond donors (Lipinski definition) is 8. The van der Waals surface area contributed by atoms with Crippen LogP contribution in [0, 0.1) is 40.9 Å². The summed E-state index contributed by atoms with van der Waals surface area (Å²) in [6.45, 7) is 35.7. The fourth-order valence-electron chi connectivity index (χ4n) is 13.6. The zero-order valence-electron chi connectivity index (χ0n) is 92.2. The molecule has 150 heavy (non-hydrogen) atoms. The van der Waals surface area contributed by atoms with E-state index in [1.165, 1.54) is 13.8 Å². The molecule has 1 fully saturated rings. The highest BCUT2D eigenvalue weighted by Crippen LogP contribution is 2.35. The van der Waals surface area contributed by atoms with E-state index in [2.05, 4.69) is 31.3 Å². The van der Waals surface area contributed by atoms with E-state index in [9.17, 15) is 93.5 Å². The summed E-state index contributed by atoms with van der Waals surface area (Å²) in [6.07, 6.45) is 11.8. The Morgan fingerprint density at radius 1 is 0.387 bits per heavy atom. The first-order chi connectivity index (χ1) is 70.8. The number of nitrogens with one attached hydrogen (secondary N) is 5. The normalized spacial score (nSPS) is 14.8. The topological polar surface area (TPSA) is 491 Å². The molecule has 0 bridgehead atoms. The van der Waals surface area contributed by atoms with Crippen molar-refractivity contribution in [1.29, 1.82) is 0 Å². The minimum Gasteiger partial charge on any atom is -0.480 e. The number of rotatable bonds is 56. The number of halogens is 6. The number of ketones is 2. The van der Waals surface area contributed by atoms with Gasteiger partial charge >= 0.3 is 72.3 Å². The SMILES string of the molecule is CC(=O)OCC1OC(OCCCCCC(=O)Oc2c(F)c(F)c(F)c(F)c2F)C(C)C(C)C1OC(C)=O.CC(C)(C)OC(=O)NCCCC[C@H](NC(=O)OC(C)(C)C)C(=O)CCCCCCC(=O)OCc1ccccc1.CC(C)(C)OC(=O)NCCCC[C@H](NC(=O)OC(C)(C)C)C(=O)O.CC(C)(C)OC(=O)N[C@@H](CCCCN)C(=O)CCCCCCC(=O)OCc1ccccc1.NCCCCCC(=O)OCc1ccccc1.[2H]CF. The van der Waals surface area contributed by atoms with Crippen molar-refractivity contribution in [2.24, 2.45) is 23.3 Å². The molecule has 5 unspecified atom stereocenters. The van der Waals surface area contributed by atoms with E-state index in [-0.39, 0.29) is 80.4 Å². The Bertz CT molecular complexity index is 4590. The molecule has 5 amide bonds. The fourth-order valence-corrected chi connectivity index (χ4v) is 13.6. The molecule has 35 nitrogen and oxygen atoms in total. The molecular formula is C109H169F6N7O28. The number of carboxylic acid groups (broad SMARTS) is 1. The Hall–Kier alpha value is -11.7. The van der Waals surface area contributed by atoms with Gasteiger partial charge in [-0.15, -0.1) is 0 Å². The molecule has 850 valence electrons. The highest BCUT2D eigenvalue weighted by atomic mass is 19.2. The third-order valence-electron chi connectivity index (χ3n) is 21.1. The molecule has 1 aliphatic rings. The lowest BCUT2D eigenvalue weighted by atomic mass is 9.84. The van der Waals surface area contributed by atoms with Gasteiger partial charge in [-0.1, -0.05) is 143 Å². The Balaban J connectivity index is 0.00000190. The summed E-state index contributed by atoms with van der Waals surface area (Å²) >= 11 is 0. The molecule has 41 heteroatoms. The van der Waals surface area contributed by atoms with Crippen LogP contribution in [0.1, 0.15) is 336 Å². The molecule has 0 saturated carbocycles. The van der Waals surface area contributed by atoms with Crippen LogP contribution in [0.5, 0.6) is 5.75 Å². The fraction of sp³-hybridized carbons (Fsp3) is 0.651. The summed E-state index contributed by atoms with van der Waals surface area (Å²) in [6, 6.07) is 26.6. The number of unbranched alkanes of at least 4 members (excludes halogenated alkanes) is 13. The van der Waals surface area contributed by atoms with E-state index >= 15 is 0 Å². The van der Waals surface area contributed by atoms with Crippen molar-refractivity contribution in [3.63, 3.8) is 0 Å². The number of esters is 6. The van der Waals surface area contributed by atoms with E-state index in [4.69, 9.17) is 74.8 Å². The number of alkyl carbamates (subject to hydrolysis) is 5. The summed E-state index contributed by atoms with van der Waals surface area (Å²) in [7, 11) is -1.00. The second-order valence-corrected chi connectivity index (χ2v) is 40.6. The van der Waals surface area contributed by atoms with Gasteiger partial charge < -0.3 is 105 Å². The van der Waals surface area contributed by atoms with Crippen molar-refractivity contribution in [2.75, 3.05) is 46.5 Å². The number of hydrogen-bond acceptors (Lipinski definition) is 29. The number of Topliss-reactive ketones (excluding diaryl/α,β-unsaturated/α-hetero) is 2. The van der Waals surface area contributed by atoms with Gasteiger partial charge in [-0.05, 0) is 243 Å². The maximum absolute atomic E-state index is 13.6. The number of carboxylic acids is 1. The largest absolute Gasteiger partial charge is 0.480 e. The van der Waals surface area contributed by atoms with Gasteiger partial charge in [0.1, 0.15) is 72.7 Å². The van der Waals surface area contributed by atoms with Gasteiger partial charge in [0, 0.05) is 83.9 Å². The molecule has 1 saturated heterocycles. The number of alkyl halides is 1. The van der Waals surface area contributed by atoms with Crippen LogP contribution in [0.25, 0.3) is 0 Å². The number of benzene rings is 4. The van der Waals surface area contributed by atoms with E-state index in [1.807, 2.05) is 105 Å². The van der Waals surface area contributed by atoms with Gasteiger partial charge in [0.05, 0.1) is 20.6 Å². The third-order valence-corrected chi connectivity index (χ3v) is 21.1. The molecule has 5 rings (SSSR count). The average Bonchev–Trinajstić information content (AvgIpc) is 0.803. The number of carbonyl (C=O) groups excluding carboxylic acids is 13. The molecule has 4 aromatic carbocycles. The van der Waals surface area contributed by atoms with Crippen LogP contribution >= 0.6 is 0 Å². The predicted molar refractivity (Wildman–Crippen MR) is 550 cm³/mol. The second kappa shape index (κ2) is 76.7. The maximum Gasteiger partial charge on any atom is 0.408 e. The maximum atomic E-state index is 13.6. The van der Waals surface area contributed by atoms with Crippen molar-refractivity contribution in [2.45, 2.75) is 402 Å². The highest BCUT2D eigenvalue weighted by molar-refractivity contribution is 5.88.